The second kappa shape index (κ2) is 10.1. The largest absolute Gasteiger partial charge is 0.496 e. The molecule has 1 aliphatic rings. The van der Waals surface area contributed by atoms with Gasteiger partial charge in [0.2, 0.25) is 0 Å². The molecular formula is C24H31NO5. The maximum absolute atomic E-state index is 12.8. The summed E-state index contributed by atoms with van der Waals surface area (Å²) in [5.41, 5.74) is 2.95. The van der Waals surface area contributed by atoms with E-state index in [1.165, 1.54) is 0 Å². The Kier molecular flexibility index (Phi) is 7.48. The SMILES string of the molecule is COc1cc(C(=O)C(O)c2ccc(C3CCN(CCO)CC3)c(OC)c2)ccc1C. The van der Waals surface area contributed by atoms with Crippen LogP contribution in [0.3, 0.4) is 0 Å². The van der Waals surface area contributed by atoms with Gasteiger partial charge in [0.25, 0.3) is 0 Å². The average Bonchev–Trinajstić information content (AvgIpc) is 2.78. The van der Waals surface area contributed by atoms with Gasteiger partial charge < -0.3 is 24.6 Å². The molecule has 30 heavy (non-hydrogen) atoms. The third-order valence-corrected chi connectivity index (χ3v) is 5.96. The number of carbonyl (C=O) groups is 1. The van der Waals surface area contributed by atoms with Crippen LogP contribution in [0.4, 0.5) is 0 Å². The zero-order chi connectivity index (χ0) is 21.7. The Labute approximate surface area is 178 Å². The monoisotopic (exact) mass is 413 g/mol. The Morgan fingerprint density at radius 2 is 1.80 bits per heavy atom. The molecule has 2 N–H and O–H groups in total. The molecule has 0 aliphatic carbocycles. The van der Waals surface area contributed by atoms with Gasteiger partial charge in [0.1, 0.15) is 17.6 Å². The smallest absolute Gasteiger partial charge is 0.195 e. The molecule has 1 saturated heterocycles. The van der Waals surface area contributed by atoms with E-state index in [0.29, 0.717) is 35.1 Å². The maximum Gasteiger partial charge on any atom is 0.195 e. The molecule has 0 bridgehead atoms. The second-order valence-corrected chi connectivity index (χ2v) is 7.79. The van der Waals surface area contributed by atoms with Gasteiger partial charge in [-0.3, -0.25) is 4.79 Å². The van der Waals surface area contributed by atoms with Gasteiger partial charge in [-0.1, -0.05) is 24.3 Å². The van der Waals surface area contributed by atoms with E-state index in [4.69, 9.17) is 14.6 Å². The van der Waals surface area contributed by atoms with Crippen molar-refractivity contribution >= 4 is 5.78 Å². The topological polar surface area (TPSA) is 79.2 Å². The Morgan fingerprint density at radius 3 is 2.43 bits per heavy atom. The van der Waals surface area contributed by atoms with Gasteiger partial charge in [-0.2, -0.15) is 0 Å². The fourth-order valence-electron chi connectivity index (χ4n) is 4.13. The van der Waals surface area contributed by atoms with Crippen LogP contribution >= 0.6 is 0 Å². The number of ether oxygens (including phenoxy) is 2. The Balaban J connectivity index is 1.78. The minimum Gasteiger partial charge on any atom is -0.496 e. The molecule has 1 fully saturated rings. The van der Waals surface area contributed by atoms with Crippen LogP contribution in [-0.4, -0.2) is 61.4 Å². The van der Waals surface area contributed by atoms with Crippen LogP contribution < -0.4 is 9.47 Å². The summed E-state index contributed by atoms with van der Waals surface area (Å²) < 4.78 is 10.9. The standard InChI is InChI=1S/C24H31NO5/c1-16-4-5-18(14-21(16)29-2)23(27)24(28)19-6-7-20(22(15-19)30-3)17-8-10-25(11-9-17)12-13-26/h4-7,14-15,17,24,26,28H,8-13H2,1-3H3. The first-order chi connectivity index (χ1) is 14.5. The molecule has 162 valence electrons. The van der Waals surface area contributed by atoms with Gasteiger partial charge >= 0.3 is 0 Å². The number of hydrogen-bond donors (Lipinski definition) is 2. The van der Waals surface area contributed by atoms with Crippen LogP contribution in [0.25, 0.3) is 0 Å². The molecule has 6 heteroatoms. The number of methoxy groups -OCH3 is 2. The number of ketones is 1. The number of likely N-dealkylation sites (tertiary alicyclic amines) is 1. The summed E-state index contributed by atoms with van der Waals surface area (Å²) in [7, 11) is 3.17. The fourth-order valence-corrected chi connectivity index (χ4v) is 4.13. The molecular weight excluding hydrogens is 382 g/mol. The minimum absolute atomic E-state index is 0.182. The van der Waals surface area contributed by atoms with Crippen molar-refractivity contribution in [3.8, 4) is 11.5 Å². The number of carbonyl (C=O) groups excluding carboxylic acids is 1. The fraction of sp³-hybridized carbons (Fsp3) is 0.458. The number of hydrogen-bond acceptors (Lipinski definition) is 6. The zero-order valence-electron chi connectivity index (χ0n) is 17.9. The number of β-amino-alcohol motifs (C(OH)–C–C–N with tert-alkyl or cyclic N) is 1. The van der Waals surface area contributed by atoms with Crippen molar-refractivity contribution in [1.82, 2.24) is 4.90 Å². The zero-order valence-corrected chi connectivity index (χ0v) is 17.9. The lowest BCUT2D eigenvalue weighted by Gasteiger charge is -2.32. The number of Topliss-reactive ketones (excluding diaryl/α,β-unsaturated/α-hetero) is 1. The Bertz CT molecular complexity index is 874. The molecule has 2 aromatic carbocycles. The van der Waals surface area contributed by atoms with E-state index in [1.54, 1.807) is 32.4 Å². The molecule has 3 rings (SSSR count). The first-order valence-corrected chi connectivity index (χ1v) is 10.4. The molecule has 2 aromatic rings. The van der Waals surface area contributed by atoms with Crippen LogP contribution in [0.15, 0.2) is 36.4 Å². The number of aliphatic hydroxyl groups is 2. The molecule has 1 heterocycles. The minimum atomic E-state index is -1.27. The van der Waals surface area contributed by atoms with E-state index in [1.807, 2.05) is 25.1 Å². The van der Waals surface area contributed by atoms with Gasteiger partial charge in [-0.25, -0.2) is 0 Å². The van der Waals surface area contributed by atoms with Crippen molar-refractivity contribution < 1.29 is 24.5 Å². The van der Waals surface area contributed by atoms with E-state index in [2.05, 4.69) is 4.90 Å². The van der Waals surface area contributed by atoms with Crippen molar-refractivity contribution in [3.63, 3.8) is 0 Å². The number of nitrogens with zero attached hydrogens (tertiary/aromatic N) is 1. The van der Waals surface area contributed by atoms with Crippen molar-refractivity contribution in [1.29, 1.82) is 0 Å². The highest BCUT2D eigenvalue weighted by Gasteiger charge is 2.25. The number of aliphatic hydroxyl groups excluding tert-OH is 2. The van der Waals surface area contributed by atoms with Crippen molar-refractivity contribution in [2.24, 2.45) is 0 Å². The van der Waals surface area contributed by atoms with Gasteiger partial charge in [0.15, 0.2) is 5.78 Å². The lowest BCUT2D eigenvalue weighted by molar-refractivity contribution is 0.0746. The van der Waals surface area contributed by atoms with Crippen LogP contribution in [-0.2, 0) is 0 Å². The quantitative estimate of drug-likeness (QED) is 0.648. The van der Waals surface area contributed by atoms with Crippen molar-refractivity contribution in [2.75, 3.05) is 40.5 Å². The molecule has 1 unspecified atom stereocenters. The Hall–Kier alpha value is -2.41. The number of piperidine rings is 1. The molecule has 1 atom stereocenters. The van der Waals surface area contributed by atoms with E-state index < -0.39 is 6.10 Å². The van der Waals surface area contributed by atoms with E-state index in [-0.39, 0.29) is 12.4 Å². The lowest BCUT2D eigenvalue weighted by atomic mass is 9.87. The summed E-state index contributed by atoms with van der Waals surface area (Å²) in [4.78, 5) is 15.1. The van der Waals surface area contributed by atoms with Crippen LogP contribution in [0.2, 0.25) is 0 Å². The maximum atomic E-state index is 12.8. The van der Waals surface area contributed by atoms with E-state index in [0.717, 1.165) is 37.1 Å². The number of aryl methyl sites for hydroxylation is 1. The molecule has 0 saturated carbocycles. The predicted molar refractivity (Wildman–Crippen MR) is 116 cm³/mol. The summed E-state index contributed by atoms with van der Waals surface area (Å²) in [5, 5.41) is 19.8. The Morgan fingerprint density at radius 1 is 1.10 bits per heavy atom. The van der Waals surface area contributed by atoms with Crippen LogP contribution in [0.5, 0.6) is 11.5 Å². The van der Waals surface area contributed by atoms with E-state index in [9.17, 15) is 9.90 Å². The van der Waals surface area contributed by atoms with Crippen molar-refractivity contribution in [2.45, 2.75) is 31.8 Å². The summed E-state index contributed by atoms with van der Waals surface area (Å²) in [6.45, 7) is 4.67. The second-order valence-electron chi connectivity index (χ2n) is 7.79. The third-order valence-electron chi connectivity index (χ3n) is 5.96. The summed E-state index contributed by atoms with van der Waals surface area (Å²) in [6, 6.07) is 10.7. The number of benzene rings is 2. The first kappa shape index (κ1) is 22.3. The molecule has 0 radical (unpaired) electrons. The average molecular weight is 414 g/mol. The highest BCUT2D eigenvalue weighted by atomic mass is 16.5. The lowest BCUT2D eigenvalue weighted by Crippen LogP contribution is -2.35. The molecule has 0 aromatic heterocycles. The van der Waals surface area contributed by atoms with Crippen LogP contribution in [0, 0.1) is 6.92 Å². The predicted octanol–water partition coefficient (Wildman–Crippen LogP) is 3.10. The molecule has 6 nitrogen and oxygen atoms in total. The van der Waals surface area contributed by atoms with E-state index >= 15 is 0 Å². The molecule has 1 aliphatic heterocycles. The van der Waals surface area contributed by atoms with Gasteiger partial charge in [0.05, 0.1) is 20.8 Å². The van der Waals surface area contributed by atoms with Gasteiger partial charge in [-0.05, 0) is 67.6 Å². The molecule has 0 amide bonds. The van der Waals surface area contributed by atoms with Crippen LogP contribution in [0.1, 0.15) is 51.9 Å². The first-order valence-electron chi connectivity index (χ1n) is 10.4. The summed E-state index contributed by atoms with van der Waals surface area (Å²) in [6.07, 6.45) is 0.701. The number of rotatable bonds is 8. The van der Waals surface area contributed by atoms with Crippen molar-refractivity contribution in [3.05, 3.63) is 58.7 Å². The highest BCUT2D eigenvalue weighted by Crippen LogP contribution is 2.36. The summed E-state index contributed by atoms with van der Waals surface area (Å²) >= 11 is 0. The third kappa shape index (κ3) is 4.83. The van der Waals surface area contributed by atoms with Gasteiger partial charge in [0, 0.05) is 12.1 Å². The molecule has 0 spiro atoms. The highest BCUT2D eigenvalue weighted by molar-refractivity contribution is 6.00. The summed E-state index contributed by atoms with van der Waals surface area (Å²) in [5.74, 6) is 1.30. The van der Waals surface area contributed by atoms with Gasteiger partial charge in [-0.15, -0.1) is 0 Å². The normalized spacial score (nSPS) is 16.3.